The fourth-order valence-corrected chi connectivity index (χ4v) is 1.14. The summed E-state index contributed by atoms with van der Waals surface area (Å²) in [6, 6.07) is 3.86. The van der Waals surface area contributed by atoms with Crippen molar-refractivity contribution in [1.29, 1.82) is 0 Å². The summed E-state index contributed by atoms with van der Waals surface area (Å²) >= 11 is 0. The number of hydrogen-bond donors (Lipinski definition) is 0. The molecule has 0 aliphatic heterocycles. The van der Waals surface area contributed by atoms with E-state index in [-0.39, 0.29) is 18.5 Å². The van der Waals surface area contributed by atoms with Crippen LogP contribution in [0.2, 0.25) is 0 Å². The van der Waals surface area contributed by atoms with Crippen molar-refractivity contribution in [2.24, 2.45) is 0 Å². The van der Waals surface area contributed by atoms with E-state index in [1.54, 1.807) is 19.3 Å². The van der Waals surface area contributed by atoms with Gasteiger partial charge in [0.25, 0.3) is 0 Å². The molecule has 0 aliphatic carbocycles. The van der Waals surface area contributed by atoms with Crippen LogP contribution in [0.1, 0.15) is 32.3 Å². The largest absolute Gasteiger partial charge is 1.00 e. The van der Waals surface area contributed by atoms with E-state index in [9.17, 15) is 4.79 Å². The van der Waals surface area contributed by atoms with Crippen LogP contribution in [0.15, 0.2) is 24.5 Å². The second kappa shape index (κ2) is 6.40. The quantitative estimate of drug-likeness (QED) is 0.616. The van der Waals surface area contributed by atoms with E-state index in [0.717, 1.165) is 0 Å². The lowest BCUT2D eigenvalue weighted by Crippen LogP contribution is -3.00. The predicted octanol–water partition coefficient (Wildman–Crippen LogP) is -0.894. The number of nitrogens with zero attached hydrogens (tertiary/aromatic N) is 1. The Hall–Kier alpha value is -1.09. The van der Waals surface area contributed by atoms with Crippen LogP contribution in [-0.2, 0) is 4.74 Å². The van der Waals surface area contributed by atoms with Crippen LogP contribution in [0.3, 0.4) is 0 Å². The number of hydrogen-bond acceptors (Lipinski definition) is 2. The molecule has 0 aliphatic rings. The predicted molar refractivity (Wildman–Crippen MR) is 53.1 cm³/mol. The number of carbonyl (C=O) groups is 1. The molecule has 0 amide bonds. The summed E-state index contributed by atoms with van der Waals surface area (Å²) in [6.45, 7) is 6.42. The van der Waals surface area contributed by atoms with Gasteiger partial charge in [0.1, 0.15) is 0 Å². The van der Waals surface area contributed by atoms with Gasteiger partial charge < -0.3 is 17.1 Å². The van der Waals surface area contributed by atoms with Crippen LogP contribution in [0, 0.1) is 0 Å². The first-order chi connectivity index (χ1) is 6.65. The minimum absolute atomic E-state index is 0. The van der Waals surface area contributed by atoms with Crippen LogP contribution in [-0.4, -0.2) is 12.7 Å². The zero-order valence-electron chi connectivity index (χ0n) is 9.24. The zero-order valence-corrected chi connectivity index (χ0v) is 9.99. The van der Waals surface area contributed by atoms with E-state index in [2.05, 4.69) is 13.8 Å². The molecule has 0 saturated carbocycles. The minimum atomic E-state index is -0.331. The first kappa shape index (κ1) is 13.9. The summed E-state index contributed by atoms with van der Waals surface area (Å²) in [4.78, 5) is 11.3. The van der Waals surface area contributed by atoms with Gasteiger partial charge in [0.2, 0.25) is 0 Å². The number of aromatic nitrogens is 1. The third kappa shape index (κ3) is 3.88. The van der Waals surface area contributed by atoms with Gasteiger partial charge in [-0.05, 0) is 18.4 Å². The average molecular weight is 230 g/mol. The molecule has 1 aromatic rings. The third-order valence-corrected chi connectivity index (χ3v) is 2.00. The number of rotatable bonds is 2. The molecule has 0 radical (unpaired) electrons. The van der Waals surface area contributed by atoms with Gasteiger partial charge in [-0.3, -0.25) is 0 Å². The van der Waals surface area contributed by atoms with E-state index in [1.807, 2.05) is 12.1 Å². The molecule has 1 aromatic heterocycles. The lowest BCUT2D eigenvalue weighted by Gasteiger charge is -2.02. The van der Waals surface area contributed by atoms with Crippen molar-refractivity contribution in [2.45, 2.75) is 26.7 Å². The van der Waals surface area contributed by atoms with Crippen LogP contribution < -0.4 is 17.0 Å². The number of carbonyl (C=O) groups excluding carboxylic acids is 1. The first-order valence-corrected chi connectivity index (χ1v) is 4.83. The van der Waals surface area contributed by atoms with E-state index in [1.165, 1.54) is 10.1 Å². The van der Waals surface area contributed by atoms with Crippen molar-refractivity contribution < 1.29 is 26.5 Å². The third-order valence-electron chi connectivity index (χ3n) is 2.00. The topological polar surface area (TPSA) is 30.2 Å². The summed E-state index contributed by atoms with van der Waals surface area (Å²) in [5.74, 6) is 0.479. The van der Waals surface area contributed by atoms with Gasteiger partial charge in [-0.1, -0.05) is 18.4 Å². The highest BCUT2D eigenvalue weighted by molar-refractivity contribution is 5.56. The summed E-state index contributed by atoms with van der Waals surface area (Å²) in [6.07, 6.45) is 3.13. The van der Waals surface area contributed by atoms with Gasteiger partial charge in [-0.2, -0.15) is 4.79 Å². The second-order valence-corrected chi connectivity index (χ2v) is 3.39. The molecular formula is C11H16ClNO2. The zero-order chi connectivity index (χ0) is 10.6. The molecule has 84 valence electrons. The lowest BCUT2D eigenvalue weighted by atomic mass is 10.1. The second-order valence-electron chi connectivity index (χ2n) is 3.39. The Balaban J connectivity index is 0.00000196. The summed E-state index contributed by atoms with van der Waals surface area (Å²) < 4.78 is 6.29. The standard InChI is InChI=1S/C11H16NO2.ClH/c1-4-14-11(13)12-7-5-10(6-8-12)9(2)3;/h5-9H,4H2,1-3H3;1H/q+1;/p-1. The average Bonchev–Trinajstić information content (AvgIpc) is 2.18. The van der Waals surface area contributed by atoms with Crippen LogP contribution in [0.5, 0.6) is 0 Å². The number of ether oxygens (including phenoxy) is 1. The highest BCUT2D eigenvalue weighted by Gasteiger charge is 2.14. The van der Waals surface area contributed by atoms with Gasteiger partial charge in [0, 0.05) is 12.1 Å². The molecule has 1 rings (SSSR count). The van der Waals surface area contributed by atoms with Crippen LogP contribution in [0.25, 0.3) is 0 Å². The van der Waals surface area contributed by atoms with Crippen molar-refractivity contribution in [3.05, 3.63) is 30.1 Å². The molecule has 0 atom stereocenters. The SMILES string of the molecule is CCOC(=O)[n+]1ccc(C(C)C)cc1.[Cl-]. The first-order valence-electron chi connectivity index (χ1n) is 4.83. The van der Waals surface area contributed by atoms with Crippen LogP contribution in [0.4, 0.5) is 4.79 Å². The Bertz CT molecular complexity index is 309. The molecule has 4 heteroatoms. The monoisotopic (exact) mass is 229 g/mol. The molecule has 3 nitrogen and oxygen atoms in total. The molecule has 15 heavy (non-hydrogen) atoms. The molecular weight excluding hydrogens is 214 g/mol. The Morgan fingerprint density at radius 1 is 1.40 bits per heavy atom. The molecule has 0 aromatic carbocycles. The van der Waals surface area contributed by atoms with Crippen molar-refractivity contribution in [3.8, 4) is 0 Å². The normalized spacial score (nSPS) is 9.60. The Morgan fingerprint density at radius 3 is 2.33 bits per heavy atom. The van der Waals surface area contributed by atoms with Gasteiger partial charge in [0.05, 0.1) is 6.61 Å². The maximum Gasteiger partial charge on any atom is 0.601 e. The highest BCUT2D eigenvalue weighted by atomic mass is 35.5. The highest BCUT2D eigenvalue weighted by Crippen LogP contribution is 2.10. The van der Waals surface area contributed by atoms with E-state index >= 15 is 0 Å². The van der Waals surface area contributed by atoms with Gasteiger partial charge in [-0.25, -0.2) is 0 Å². The molecule has 0 N–H and O–H groups in total. The van der Waals surface area contributed by atoms with Crippen LogP contribution >= 0.6 is 0 Å². The summed E-state index contributed by atoms with van der Waals surface area (Å²) in [7, 11) is 0. The molecule has 0 saturated heterocycles. The van der Waals surface area contributed by atoms with Gasteiger partial charge in [0.15, 0.2) is 12.4 Å². The Morgan fingerprint density at radius 2 is 1.93 bits per heavy atom. The molecule has 1 heterocycles. The fourth-order valence-electron chi connectivity index (χ4n) is 1.14. The minimum Gasteiger partial charge on any atom is -1.00 e. The maximum atomic E-state index is 11.3. The van der Waals surface area contributed by atoms with Gasteiger partial charge >= 0.3 is 6.09 Å². The van der Waals surface area contributed by atoms with Gasteiger partial charge in [-0.15, -0.1) is 0 Å². The van der Waals surface area contributed by atoms with E-state index in [4.69, 9.17) is 4.74 Å². The van der Waals surface area contributed by atoms with Crippen molar-refractivity contribution >= 4 is 6.09 Å². The van der Waals surface area contributed by atoms with Crippen molar-refractivity contribution in [3.63, 3.8) is 0 Å². The Labute approximate surface area is 96.5 Å². The van der Waals surface area contributed by atoms with E-state index < -0.39 is 0 Å². The number of halogens is 1. The summed E-state index contributed by atoms with van der Waals surface area (Å²) in [5.41, 5.74) is 1.21. The Kier molecular flexibility index (Phi) is 5.94. The number of pyridine rings is 1. The summed E-state index contributed by atoms with van der Waals surface area (Å²) in [5, 5.41) is 0. The maximum absolute atomic E-state index is 11.3. The van der Waals surface area contributed by atoms with Crippen molar-refractivity contribution in [2.75, 3.05) is 6.61 Å². The van der Waals surface area contributed by atoms with E-state index in [0.29, 0.717) is 12.5 Å². The smallest absolute Gasteiger partial charge is 0.601 e. The fraction of sp³-hybridized carbons (Fsp3) is 0.455. The molecule has 0 unspecified atom stereocenters. The molecule has 0 bridgehead atoms. The molecule has 0 fully saturated rings. The molecule has 0 spiro atoms. The van der Waals surface area contributed by atoms with Crippen molar-refractivity contribution in [1.82, 2.24) is 0 Å². The lowest BCUT2D eigenvalue weighted by molar-refractivity contribution is -0.586.